The van der Waals surface area contributed by atoms with Gasteiger partial charge in [-0.3, -0.25) is 9.69 Å². The lowest BCUT2D eigenvalue weighted by molar-refractivity contribution is -0.0420. The average Bonchev–Trinajstić information content (AvgIpc) is 3.11. The Balaban J connectivity index is 1.25. The highest BCUT2D eigenvalue weighted by Crippen LogP contribution is 2.47. The molecule has 6 nitrogen and oxygen atoms in total. The third-order valence-corrected chi connectivity index (χ3v) is 10.2. The molecule has 0 N–H and O–H groups in total. The molecule has 7 rings (SSSR count). The molecule has 2 aromatic heterocycles. The molecular weight excluding hydrogens is 472 g/mol. The number of para-hydroxylation sites is 2. The van der Waals surface area contributed by atoms with Gasteiger partial charge in [0.2, 0.25) is 5.88 Å². The first-order chi connectivity index (χ1) is 18.7. The molecule has 0 radical (unpaired) electrons. The zero-order valence-corrected chi connectivity index (χ0v) is 22.6. The number of rotatable bonds is 4. The standard InChI is InChI=1S/C32H40N4O2/c1-38-30-18-23(13-14-33-30)31-32(37)36(29-12-5-4-11-28(29)34-31)27-19-24-9-6-10-25(20-27)35(24)26-16-21-7-2-3-8-22(15-21)17-26/h4-5,11-14,18,21-22,24-27H,2-3,6-10,15-17,19-20H2,1H3/t21-,22+,24-,25+,26-,27+. The van der Waals surface area contributed by atoms with E-state index in [9.17, 15) is 4.79 Å². The number of pyridine rings is 1. The van der Waals surface area contributed by atoms with Crippen LogP contribution < -0.4 is 10.3 Å². The fraction of sp³-hybridized carbons (Fsp3) is 0.594. The summed E-state index contributed by atoms with van der Waals surface area (Å²) in [5.74, 6) is 2.37. The molecule has 2 aliphatic carbocycles. The number of fused-ring (bicyclic) bond motifs is 5. The molecule has 1 aromatic carbocycles. The van der Waals surface area contributed by atoms with Gasteiger partial charge in [-0.05, 0) is 75.0 Å². The number of nitrogens with zero attached hydrogens (tertiary/aromatic N) is 4. The quantitative estimate of drug-likeness (QED) is 0.406. The van der Waals surface area contributed by atoms with Gasteiger partial charge in [0.05, 0.1) is 18.1 Å². The molecule has 38 heavy (non-hydrogen) atoms. The minimum absolute atomic E-state index is 0.0113. The van der Waals surface area contributed by atoms with Crippen molar-refractivity contribution in [1.82, 2.24) is 19.4 Å². The van der Waals surface area contributed by atoms with Crippen molar-refractivity contribution in [2.75, 3.05) is 7.11 Å². The van der Waals surface area contributed by atoms with E-state index in [1.54, 1.807) is 13.3 Å². The van der Waals surface area contributed by atoms with Crippen molar-refractivity contribution in [3.8, 4) is 17.1 Å². The molecular formula is C32H40N4O2. The molecule has 2 saturated carbocycles. The zero-order chi connectivity index (χ0) is 25.6. The Labute approximate surface area is 225 Å². The Hall–Kier alpha value is -2.73. The molecule has 4 fully saturated rings. The molecule has 0 unspecified atom stereocenters. The lowest BCUT2D eigenvalue weighted by Crippen LogP contribution is -2.58. The maximum Gasteiger partial charge on any atom is 0.277 e. The van der Waals surface area contributed by atoms with Gasteiger partial charge in [0.25, 0.3) is 5.56 Å². The van der Waals surface area contributed by atoms with Gasteiger partial charge in [-0.1, -0.05) is 44.2 Å². The average molecular weight is 513 g/mol. The van der Waals surface area contributed by atoms with Crippen LogP contribution in [-0.2, 0) is 0 Å². The van der Waals surface area contributed by atoms with Crippen molar-refractivity contribution in [3.63, 3.8) is 0 Å². The smallest absolute Gasteiger partial charge is 0.277 e. The summed E-state index contributed by atoms with van der Waals surface area (Å²) < 4.78 is 7.46. The second-order valence-electron chi connectivity index (χ2n) is 12.4. The van der Waals surface area contributed by atoms with Crippen LogP contribution in [0, 0.1) is 11.8 Å². The van der Waals surface area contributed by atoms with Crippen LogP contribution in [0.5, 0.6) is 5.88 Å². The number of piperidine rings is 2. The minimum atomic E-state index is 0.0113. The van der Waals surface area contributed by atoms with Crippen molar-refractivity contribution in [2.45, 2.75) is 101 Å². The highest BCUT2D eigenvalue weighted by molar-refractivity contribution is 5.78. The molecule has 0 amide bonds. The van der Waals surface area contributed by atoms with Gasteiger partial charge >= 0.3 is 0 Å². The van der Waals surface area contributed by atoms with E-state index in [1.807, 2.05) is 30.3 Å². The van der Waals surface area contributed by atoms with E-state index < -0.39 is 0 Å². The number of methoxy groups -OCH3 is 1. The van der Waals surface area contributed by atoms with E-state index in [0.717, 1.165) is 47.3 Å². The van der Waals surface area contributed by atoms with Gasteiger partial charge in [-0.25, -0.2) is 9.97 Å². The van der Waals surface area contributed by atoms with Crippen molar-refractivity contribution in [3.05, 3.63) is 52.9 Å². The maximum absolute atomic E-state index is 14.2. The molecule has 6 atom stereocenters. The summed E-state index contributed by atoms with van der Waals surface area (Å²) in [5, 5.41) is 0. The van der Waals surface area contributed by atoms with Crippen molar-refractivity contribution < 1.29 is 4.74 Å². The molecule has 0 spiro atoms. The number of hydrogen-bond acceptors (Lipinski definition) is 5. The van der Waals surface area contributed by atoms with Gasteiger partial charge in [0, 0.05) is 42.0 Å². The molecule has 6 heteroatoms. The summed E-state index contributed by atoms with van der Waals surface area (Å²) >= 11 is 0. The lowest BCUT2D eigenvalue weighted by atomic mass is 9.73. The van der Waals surface area contributed by atoms with Crippen molar-refractivity contribution >= 4 is 11.0 Å². The van der Waals surface area contributed by atoms with Crippen LogP contribution in [0.2, 0.25) is 0 Å². The second-order valence-corrected chi connectivity index (χ2v) is 12.4. The van der Waals surface area contributed by atoms with Gasteiger partial charge in [0.15, 0.2) is 0 Å². The normalized spacial score (nSPS) is 31.6. The first kappa shape index (κ1) is 24.3. The van der Waals surface area contributed by atoms with E-state index in [-0.39, 0.29) is 11.6 Å². The molecule has 200 valence electrons. The summed E-state index contributed by atoms with van der Waals surface area (Å²) in [7, 11) is 1.60. The van der Waals surface area contributed by atoms with E-state index in [4.69, 9.17) is 9.72 Å². The number of aromatic nitrogens is 3. The molecule has 2 saturated heterocycles. The number of hydrogen-bond donors (Lipinski definition) is 0. The Morgan fingerprint density at radius 3 is 2.29 bits per heavy atom. The van der Waals surface area contributed by atoms with E-state index in [1.165, 1.54) is 64.2 Å². The van der Waals surface area contributed by atoms with E-state index >= 15 is 0 Å². The SMILES string of the molecule is COc1cc(-c2nc3ccccc3n([C@H]3C[C@H]4CCC[C@@H](C3)N4[C@@H]3C[C@@H]4CCCC[C@@H](C4)C3)c2=O)ccn1. The van der Waals surface area contributed by atoms with Crippen LogP contribution in [0.3, 0.4) is 0 Å². The summed E-state index contributed by atoms with van der Waals surface area (Å²) in [6.07, 6.45) is 17.7. The lowest BCUT2D eigenvalue weighted by Gasteiger charge is -2.54. The Kier molecular flexibility index (Phi) is 6.47. The maximum atomic E-state index is 14.2. The van der Waals surface area contributed by atoms with Crippen LogP contribution in [0.15, 0.2) is 47.4 Å². The zero-order valence-electron chi connectivity index (χ0n) is 22.6. The van der Waals surface area contributed by atoms with Gasteiger partial charge < -0.3 is 9.30 Å². The Morgan fingerprint density at radius 2 is 1.55 bits per heavy atom. The minimum Gasteiger partial charge on any atom is -0.481 e. The number of ether oxygens (including phenoxy) is 1. The predicted molar refractivity (Wildman–Crippen MR) is 150 cm³/mol. The van der Waals surface area contributed by atoms with Crippen LogP contribution in [0.1, 0.15) is 83.1 Å². The highest BCUT2D eigenvalue weighted by atomic mass is 16.5. The third kappa shape index (κ3) is 4.35. The van der Waals surface area contributed by atoms with E-state index in [2.05, 4.69) is 20.5 Å². The Bertz CT molecular complexity index is 1340. The fourth-order valence-electron chi connectivity index (χ4n) is 8.68. The second kappa shape index (κ2) is 10.1. The summed E-state index contributed by atoms with van der Waals surface area (Å²) in [4.78, 5) is 26.3. The van der Waals surface area contributed by atoms with Gasteiger partial charge in [-0.2, -0.15) is 0 Å². The first-order valence-electron chi connectivity index (χ1n) is 15.0. The monoisotopic (exact) mass is 512 g/mol. The molecule has 4 bridgehead atoms. The molecule has 2 aliphatic heterocycles. The summed E-state index contributed by atoms with van der Waals surface area (Å²) in [6, 6.07) is 14.0. The third-order valence-electron chi connectivity index (χ3n) is 10.2. The fourth-order valence-corrected chi connectivity index (χ4v) is 8.68. The molecule has 4 aliphatic rings. The van der Waals surface area contributed by atoms with Crippen LogP contribution in [-0.4, -0.2) is 44.7 Å². The highest BCUT2D eigenvalue weighted by Gasteiger charge is 2.45. The van der Waals surface area contributed by atoms with Crippen LogP contribution >= 0.6 is 0 Å². The van der Waals surface area contributed by atoms with Crippen LogP contribution in [0.4, 0.5) is 0 Å². The van der Waals surface area contributed by atoms with Crippen molar-refractivity contribution in [2.24, 2.45) is 11.8 Å². The first-order valence-corrected chi connectivity index (χ1v) is 15.0. The van der Waals surface area contributed by atoms with Crippen LogP contribution in [0.25, 0.3) is 22.3 Å². The molecule has 3 aromatic rings. The largest absolute Gasteiger partial charge is 0.481 e. The van der Waals surface area contributed by atoms with Crippen molar-refractivity contribution in [1.29, 1.82) is 0 Å². The van der Waals surface area contributed by atoms with E-state index in [0.29, 0.717) is 23.7 Å². The summed E-state index contributed by atoms with van der Waals surface area (Å²) in [5.41, 5.74) is 3.11. The number of benzene rings is 1. The van der Waals surface area contributed by atoms with Gasteiger partial charge in [-0.15, -0.1) is 0 Å². The predicted octanol–water partition coefficient (Wildman–Crippen LogP) is 6.38. The topological polar surface area (TPSA) is 60.2 Å². The summed E-state index contributed by atoms with van der Waals surface area (Å²) in [6.45, 7) is 0. The van der Waals surface area contributed by atoms with Gasteiger partial charge in [0.1, 0.15) is 5.69 Å². The molecule has 4 heterocycles. The Morgan fingerprint density at radius 1 is 0.816 bits per heavy atom.